The van der Waals surface area contributed by atoms with Crippen molar-refractivity contribution >= 4 is 43.9 Å². The Bertz CT molecular complexity index is 2370. The summed E-state index contributed by atoms with van der Waals surface area (Å²) in [4.78, 5) is 10.4. The van der Waals surface area contributed by atoms with E-state index in [1.54, 1.807) is 0 Å². The molecule has 0 atom stereocenters. The second-order valence-corrected chi connectivity index (χ2v) is 12.2. The molecular weight excluding hydrogens is 538 g/mol. The molecule has 0 aliphatic heterocycles. The number of nitrogens with zero attached hydrogens (tertiary/aromatic N) is 3. The number of pyridine rings is 1. The summed E-state index contributed by atoms with van der Waals surface area (Å²) in [5.41, 5.74) is 12.5. The second kappa shape index (κ2) is 9.92. The van der Waals surface area contributed by atoms with E-state index in [4.69, 9.17) is 14.4 Å². The second-order valence-electron chi connectivity index (χ2n) is 12.2. The summed E-state index contributed by atoms with van der Waals surface area (Å²) in [7, 11) is 0. The average molecular weight is 572 g/mol. The highest BCUT2D eigenvalue weighted by atomic mass is 16.3. The third-order valence-corrected chi connectivity index (χ3v) is 9.03. The minimum absolute atomic E-state index is 0.456. The topological polar surface area (TPSA) is 43.9 Å². The molecule has 0 aliphatic rings. The number of aryl methyl sites for hydroxylation is 3. The number of rotatable bonds is 4. The van der Waals surface area contributed by atoms with Gasteiger partial charge in [-0.15, -0.1) is 0 Å². The van der Waals surface area contributed by atoms with E-state index in [-0.39, 0.29) is 0 Å². The van der Waals surface area contributed by atoms with Gasteiger partial charge in [-0.3, -0.25) is 4.57 Å². The molecule has 0 amide bonds. The number of hydrogen-bond acceptors (Lipinski definition) is 3. The number of fused-ring (bicyclic) bond motifs is 6. The summed E-state index contributed by atoms with van der Waals surface area (Å²) in [5.74, 6) is 1.31. The largest absolute Gasteiger partial charge is 0.437 e. The van der Waals surface area contributed by atoms with Crippen LogP contribution in [0.3, 0.4) is 0 Å². The van der Waals surface area contributed by atoms with E-state index in [1.807, 2.05) is 0 Å². The van der Waals surface area contributed by atoms with Gasteiger partial charge in [-0.1, -0.05) is 80.6 Å². The smallest absolute Gasteiger partial charge is 0.227 e. The van der Waals surface area contributed by atoms with E-state index in [9.17, 15) is 0 Å². The highest BCUT2D eigenvalue weighted by molar-refractivity contribution is 6.12. The summed E-state index contributed by atoms with van der Waals surface area (Å²) in [5, 5.41) is 4.46. The molecule has 0 spiro atoms. The summed E-state index contributed by atoms with van der Waals surface area (Å²) in [6.45, 7) is 10.9. The summed E-state index contributed by atoms with van der Waals surface area (Å²) in [6.07, 6.45) is 0. The highest BCUT2D eigenvalue weighted by Crippen LogP contribution is 2.41. The lowest BCUT2D eigenvalue weighted by atomic mass is 9.99. The maximum atomic E-state index is 6.72. The molecule has 4 nitrogen and oxygen atoms in total. The van der Waals surface area contributed by atoms with Crippen LogP contribution in [0.2, 0.25) is 0 Å². The van der Waals surface area contributed by atoms with Crippen LogP contribution in [0.4, 0.5) is 0 Å². The van der Waals surface area contributed by atoms with Gasteiger partial charge in [0.05, 0.1) is 22.3 Å². The number of benzene rings is 5. The number of imidazole rings is 1. The molecule has 5 aromatic carbocycles. The highest BCUT2D eigenvalue weighted by Gasteiger charge is 2.23. The summed E-state index contributed by atoms with van der Waals surface area (Å²) in [6, 6.07) is 36.7. The Morgan fingerprint density at radius 2 is 1.43 bits per heavy atom. The fourth-order valence-electron chi connectivity index (χ4n) is 6.74. The van der Waals surface area contributed by atoms with Crippen LogP contribution >= 0.6 is 0 Å². The van der Waals surface area contributed by atoms with Gasteiger partial charge in [0.15, 0.2) is 0 Å². The first-order valence-corrected chi connectivity index (χ1v) is 15.3. The zero-order valence-corrected chi connectivity index (χ0v) is 25.6. The normalized spacial score (nSPS) is 12.0. The van der Waals surface area contributed by atoms with Crippen LogP contribution in [0.1, 0.15) is 42.0 Å². The van der Waals surface area contributed by atoms with Gasteiger partial charge in [-0.25, -0.2) is 9.97 Å². The molecule has 3 heterocycles. The van der Waals surface area contributed by atoms with Crippen molar-refractivity contribution in [2.45, 2.75) is 40.5 Å². The maximum Gasteiger partial charge on any atom is 0.227 e. The fraction of sp³-hybridized carbons (Fsp3) is 0.150. The van der Waals surface area contributed by atoms with Crippen LogP contribution in [0, 0.1) is 20.8 Å². The molecule has 8 aromatic rings. The van der Waals surface area contributed by atoms with Gasteiger partial charge >= 0.3 is 0 Å². The minimum Gasteiger partial charge on any atom is -0.437 e. The molecule has 0 aliphatic carbocycles. The molecule has 3 aromatic heterocycles. The molecule has 214 valence electrons. The van der Waals surface area contributed by atoms with Gasteiger partial charge in [-0.05, 0) is 90.7 Å². The third-order valence-electron chi connectivity index (χ3n) is 9.03. The van der Waals surface area contributed by atoms with E-state index in [0.717, 1.165) is 61.3 Å². The molecule has 0 radical (unpaired) electrons. The van der Waals surface area contributed by atoms with Crippen molar-refractivity contribution in [1.82, 2.24) is 14.5 Å². The lowest BCUT2D eigenvalue weighted by Gasteiger charge is -2.13. The Labute approximate surface area is 256 Å². The van der Waals surface area contributed by atoms with Crippen LogP contribution in [-0.2, 0) is 0 Å². The summed E-state index contributed by atoms with van der Waals surface area (Å²) < 4.78 is 9.02. The first kappa shape index (κ1) is 26.4. The molecule has 44 heavy (non-hydrogen) atoms. The van der Waals surface area contributed by atoms with Crippen LogP contribution in [0.5, 0.6) is 0 Å². The predicted octanol–water partition coefficient (Wildman–Crippen LogP) is 10.9. The van der Waals surface area contributed by atoms with Crippen molar-refractivity contribution in [1.29, 1.82) is 0 Å². The number of hydrogen-bond donors (Lipinski definition) is 0. The van der Waals surface area contributed by atoms with Gasteiger partial charge < -0.3 is 4.42 Å². The first-order chi connectivity index (χ1) is 21.4. The molecule has 0 saturated carbocycles. The van der Waals surface area contributed by atoms with Crippen molar-refractivity contribution in [3.8, 4) is 28.3 Å². The predicted molar refractivity (Wildman–Crippen MR) is 183 cm³/mol. The Kier molecular flexibility index (Phi) is 5.95. The molecular formula is C40H33N3O. The minimum atomic E-state index is 0.456. The van der Waals surface area contributed by atoms with Crippen LogP contribution in [0.25, 0.3) is 72.2 Å². The lowest BCUT2D eigenvalue weighted by Crippen LogP contribution is -1.99. The first-order valence-electron chi connectivity index (χ1n) is 15.3. The molecule has 0 N–H and O–H groups in total. The van der Waals surface area contributed by atoms with Gasteiger partial charge in [0.2, 0.25) is 5.71 Å². The van der Waals surface area contributed by atoms with Crippen molar-refractivity contribution in [2.24, 2.45) is 0 Å². The average Bonchev–Trinajstić information content (AvgIpc) is 3.61. The molecule has 4 heteroatoms. The Morgan fingerprint density at radius 3 is 2.20 bits per heavy atom. The molecule has 8 rings (SSSR count). The molecule has 0 unspecified atom stereocenters. The Morgan fingerprint density at radius 1 is 0.659 bits per heavy atom. The van der Waals surface area contributed by atoms with Gasteiger partial charge in [0, 0.05) is 27.4 Å². The summed E-state index contributed by atoms with van der Waals surface area (Å²) >= 11 is 0. The maximum absolute atomic E-state index is 6.72. The van der Waals surface area contributed by atoms with E-state index < -0.39 is 0 Å². The van der Waals surface area contributed by atoms with Gasteiger partial charge in [0.1, 0.15) is 11.4 Å². The van der Waals surface area contributed by atoms with E-state index in [0.29, 0.717) is 11.6 Å². The number of aromatic nitrogens is 3. The van der Waals surface area contributed by atoms with E-state index >= 15 is 0 Å². The molecule has 0 bridgehead atoms. The zero-order valence-electron chi connectivity index (χ0n) is 25.6. The van der Waals surface area contributed by atoms with E-state index in [2.05, 4.69) is 142 Å². The van der Waals surface area contributed by atoms with Crippen molar-refractivity contribution in [2.75, 3.05) is 0 Å². The van der Waals surface area contributed by atoms with Crippen molar-refractivity contribution < 1.29 is 4.42 Å². The molecule has 0 saturated heterocycles. The van der Waals surface area contributed by atoms with E-state index in [1.165, 1.54) is 27.5 Å². The Balaban J connectivity index is 1.43. The van der Waals surface area contributed by atoms with Gasteiger partial charge in [0.25, 0.3) is 0 Å². The fourth-order valence-corrected chi connectivity index (χ4v) is 6.74. The third kappa shape index (κ3) is 3.98. The van der Waals surface area contributed by atoms with Crippen LogP contribution < -0.4 is 0 Å². The molecule has 0 fully saturated rings. The van der Waals surface area contributed by atoms with Crippen LogP contribution in [-0.4, -0.2) is 14.5 Å². The zero-order chi connectivity index (χ0) is 30.1. The standard InChI is InChI=1S/C40H33N3O/c1-23(2)27-14-17-29(18-15-27)43-37-30-12-7-6-11-28(30)16-21-34(37)41-39(43)32-19-13-26(5)36-31-20-22-33(42-40(31)44-38(32)36)35-24(3)9-8-10-25(35)4/h6-23H,1-5H3. The quantitative estimate of drug-likeness (QED) is 0.211. The van der Waals surface area contributed by atoms with Crippen molar-refractivity contribution in [3.05, 3.63) is 125 Å². The van der Waals surface area contributed by atoms with Crippen LogP contribution in [0.15, 0.2) is 108 Å². The van der Waals surface area contributed by atoms with Gasteiger partial charge in [-0.2, -0.15) is 0 Å². The Hall–Kier alpha value is -5.22. The van der Waals surface area contributed by atoms with Crippen molar-refractivity contribution in [3.63, 3.8) is 0 Å². The SMILES string of the molecule is Cc1cccc(C)c1-c1ccc2c(n1)oc1c(-c3nc4ccc5ccccc5c4n3-c3ccc(C(C)C)cc3)ccc(C)c12. The monoisotopic (exact) mass is 571 g/mol. The lowest BCUT2D eigenvalue weighted by molar-refractivity contribution is 0.655. The number of furan rings is 1.